The summed E-state index contributed by atoms with van der Waals surface area (Å²) in [6, 6.07) is 7.70. The van der Waals surface area contributed by atoms with Gasteiger partial charge in [0.25, 0.3) is 5.19 Å². The molecule has 0 fully saturated rings. The highest BCUT2D eigenvalue weighted by atomic mass is 35.5. The lowest BCUT2D eigenvalue weighted by molar-refractivity contribution is 0.478. The molecule has 2 aromatic rings. The predicted octanol–water partition coefficient (Wildman–Crippen LogP) is 2.82. The fraction of sp³-hybridized carbons (Fsp3) is 0.100. The van der Waals surface area contributed by atoms with Crippen molar-refractivity contribution in [2.24, 2.45) is 5.73 Å². The molecule has 0 aliphatic rings. The van der Waals surface area contributed by atoms with Gasteiger partial charge in [-0.05, 0) is 17.7 Å². The fourth-order valence-electron chi connectivity index (χ4n) is 1.10. The molecule has 1 aromatic carbocycles. The number of rotatable bonds is 3. The monoisotopic (exact) mass is 242 g/mol. The third-order valence-electron chi connectivity index (χ3n) is 1.75. The average Bonchev–Trinajstić information content (AvgIpc) is 2.71. The fourth-order valence-corrected chi connectivity index (χ4v) is 1.60. The topological polar surface area (TPSA) is 48.1 Å². The lowest BCUT2D eigenvalue weighted by Gasteiger charge is -2.02. The van der Waals surface area contributed by atoms with E-state index in [1.165, 1.54) is 11.3 Å². The van der Waals surface area contributed by atoms with E-state index in [-0.39, 0.29) is 12.4 Å². The van der Waals surface area contributed by atoms with Crippen LogP contribution in [0, 0.1) is 0 Å². The Hall–Kier alpha value is -1.10. The molecule has 3 nitrogen and oxygen atoms in total. The summed E-state index contributed by atoms with van der Waals surface area (Å²) in [4.78, 5) is 4.03. The van der Waals surface area contributed by atoms with Crippen LogP contribution in [0.4, 0.5) is 0 Å². The maximum absolute atomic E-state index is 5.52. The number of benzene rings is 1. The van der Waals surface area contributed by atoms with E-state index in [9.17, 15) is 0 Å². The van der Waals surface area contributed by atoms with Gasteiger partial charge in [0.2, 0.25) is 0 Å². The van der Waals surface area contributed by atoms with E-state index in [0.29, 0.717) is 11.7 Å². The van der Waals surface area contributed by atoms with Crippen molar-refractivity contribution < 1.29 is 4.74 Å². The molecule has 0 aliphatic heterocycles. The first-order valence-electron chi connectivity index (χ1n) is 4.25. The third-order valence-corrected chi connectivity index (χ3v) is 2.40. The number of thiazole rings is 1. The van der Waals surface area contributed by atoms with Gasteiger partial charge in [-0.1, -0.05) is 23.5 Å². The first-order chi connectivity index (χ1) is 6.88. The molecule has 1 aromatic heterocycles. The second kappa shape index (κ2) is 5.70. The summed E-state index contributed by atoms with van der Waals surface area (Å²) in [5, 5.41) is 2.53. The van der Waals surface area contributed by atoms with E-state index in [1.54, 1.807) is 6.20 Å². The van der Waals surface area contributed by atoms with Gasteiger partial charge < -0.3 is 10.5 Å². The largest absolute Gasteiger partial charge is 0.431 e. The van der Waals surface area contributed by atoms with Gasteiger partial charge in [-0.25, -0.2) is 4.98 Å². The number of nitrogens with zero attached hydrogens (tertiary/aromatic N) is 1. The number of ether oxygens (including phenoxy) is 1. The number of hydrogen-bond acceptors (Lipinski definition) is 4. The van der Waals surface area contributed by atoms with Crippen LogP contribution < -0.4 is 10.5 Å². The average molecular weight is 243 g/mol. The van der Waals surface area contributed by atoms with Gasteiger partial charge in [0.05, 0.1) is 0 Å². The number of aromatic nitrogens is 1. The molecule has 0 spiro atoms. The molecular formula is C10H11ClN2OS. The molecule has 0 amide bonds. The van der Waals surface area contributed by atoms with Crippen LogP contribution in [0.2, 0.25) is 0 Å². The highest BCUT2D eigenvalue weighted by Gasteiger charge is 1.99. The summed E-state index contributed by atoms with van der Waals surface area (Å²) in [5.41, 5.74) is 6.58. The van der Waals surface area contributed by atoms with E-state index < -0.39 is 0 Å². The molecule has 5 heteroatoms. The Morgan fingerprint density at radius 2 is 2.27 bits per heavy atom. The van der Waals surface area contributed by atoms with Crippen molar-refractivity contribution in [3.8, 4) is 10.9 Å². The van der Waals surface area contributed by atoms with Gasteiger partial charge in [-0.2, -0.15) is 0 Å². The molecule has 0 radical (unpaired) electrons. The quantitative estimate of drug-likeness (QED) is 0.901. The summed E-state index contributed by atoms with van der Waals surface area (Å²) in [6.07, 6.45) is 1.72. The van der Waals surface area contributed by atoms with Gasteiger partial charge >= 0.3 is 0 Å². The maximum Gasteiger partial charge on any atom is 0.278 e. The molecular weight excluding hydrogens is 232 g/mol. The Bertz CT molecular complexity index is 406. The molecule has 0 saturated heterocycles. The molecule has 2 N–H and O–H groups in total. The summed E-state index contributed by atoms with van der Waals surface area (Å²) in [5.74, 6) is 0.780. The van der Waals surface area contributed by atoms with Crippen LogP contribution >= 0.6 is 23.7 Å². The first kappa shape index (κ1) is 12.0. The van der Waals surface area contributed by atoms with Crippen LogP contribution in [0.5, 0.6) is 10.9 Å². The summed E-state index contributed by atoms with van der Waals surface area (Å²) < 4.78 is 5.51. The van der Waals surface area contributed by atoms with Crippen LogP contribution in [0.25, 0.3) is 0 Å². The van der Waals surface area contributed by atoms with Crippen LogP contribution in [0.15, 0.2) is 35.8 Å². The van der Waals surface area contributed by atoms with Gasteiger partial charge in [0, 0.05) is 18.1 Å². The lowest BCUT2D eigenvalue weighted by Crippen LogP contribution is -1.95. The highest BCUT2D eigenvalue weighted by molar-refractivity contribution is 7.11. The smallest absolute Gasteiger partial charge is 0.278 e. The number of hydrogen-bond donors (Lipinski definition) is 1. The normalized spacial score (nSPS) is 9.40. The molecule has 80 valence electrons. The van der Waals surface area contributed by atoms with Crippen molar-refractivity contribution in [3.05, 3.63) is 41.4 Å². The second-order valence-electron chi connectivity index (χ2n) is 2.75. The summed E-state index contributed by atoms with van der Waals surface area (Å²) >= 11 is 1.47. The Morgan fingerprint density at radius 3 is 2.93 bits per heavy atom. The zero-order chi connectivity index (χ0) is 9.80. The first-order valence-corrected chi connectivity index (χ1v) is 5.13. The van der Waals surface area contributed by atoms with E-state index in [0.717, 1.165) is 11.3 Å². The van der Waals surface area contributed by atoms with Crippen molar-refractivity contribution in [2.75, 3.05) is 0 Å². The van der Waals surface area contributed by atoms with Gasteiger partial charge in [-0.15, -0.1) is 12.4 Å². The maximum atomic E-state index is 5.52. The second-order valence-corrected chi connectivity index (χ2v) is 3.61. The van der Waals surface area contributed by atoms with Crippen LogP contribution in [-0.4, -0.2) is 4.98 Å². The van der Waals surface area contributed by atoms with Crippen molar-refractivity contribution in [2.45, 2.75) is 6.54 Å². The van der Waals surface area contributed by atoms with Crippen molar-refractivity contribution in [1.82, 2.24) is 4.98 Å². The molecule has 0 unspecified atom stereocenters. The van der Waals surface area contributed by atoms with Crippen molar-refractivity contribution in [1.29, 1.82) is 0 Å². The minimum absolute atomic E-state index is 0. The van der Waals surface area contributed by atoms with Crippen molar-refractivity contribution >= 4 is 23.7 Å². The molecule has 0 atom stereocenters. The Morgan fingerprint density at radius 1 is 1.40 bits per heavy atom. The van der Waals surface area contributed by atoms with Gasteiger partial charge in [-0.3, -0.25) is 0 Å². The van der Waals surface area contributed by atoms with E-state index in [4.69, 9.17) is 10.5 Å². The van der Waals surface area contributed by atoms with Crippen LogP contribution in [0.1, 0.15) is 5.56 Å². The van der Waals surface area contributed by atoms with Gasteiger partial charge in [0.15, 0.2) is 0 Å². The number of nitrogens with two attached hydrogens (primary N) is 1. The minimum Gasteiger partial charge on any atom is -0.431 e. The Balaban J connectivity index is 0.00000112. The van der Waals surface area contributed by atoms with E-state index >= 15 is 0 Å². The van der Waals surface area contributed by atoms with Crippen molar-refractivity contribution in [3.63, 3.8) is 0 Å². The highest BCUT2D eigenvalue weighted by Crippen LogP contribution is 2.23. The van der Waals surface area contributed by atoms with Crippen LogP contribution in [-0.2, 0) is 6.54 Å². The SMILES string of the molecule is Cl.NCc1cccc(Oc2nccs2)c1. The zero-order valence-electron chi connectivity index (χ0n) is 7.92. The standard InChI is InChI=1S/C10H10N2OS.ClH/c11-7-8-2-1-3-9(6-8)13-10-12-4-5-14-10;/h1-6H,7,11H2;1H. The molecule has 1 heterocycles. The third kappa shape index (κ3) is 3.20. The molecule has 0 bridgehead atoms. The number of halogens is 1. The lowest BCUT2D eigenvalue weighted by atomic mass is 10.2. The summed E-state index contributed by atoms with van der Waals surface area (Å²) in [6.45, 7) is 0.523. The van der Waals surface area contributed by atoms with E-state index in [1.807, 2.05) is 29.6 Å². The van der Waals surface area contributed by atoms with E-state index in [2.05, 4.69) is 4.98 Å². The Labute approximate surface area is 98.3 Å². The molecule has 15 heavy (non-hydrogen) atoms. The summed E-state index contributed by atoms with van der Waals surface area (Å²) in [7, 11) is 0. The van der Waals surface area contributed by atoms with Crippen LogP contribution in [0.3, 0.4) is 0 Å². The predicted molar refractivity (Wildman–Crippen MR) is 63.8 cm³/mol. The zero-order valence-corrected chi connectivity index (χ0v) is 9.55. The minimum atomic E-state index is 0. The van der Waals surface area contributed by atoms with Gasteiger partial charge in [0.1, 0.15) is 5.75 Å². The Kier molecular flexibility index (Phi) is 4.55. The molecule has 0 aliphatic carbocycles. The molecule has 0 saturated carbocycles. The molecule has 2 rings (SSSR count).